The second-order valence-electron chi connectivity index (χ2n) is 9.29. The van der Waals surface area contributed by atoms with Gasteiger partial charge < -0.3 is 20.5 Å². The van der Waals surface area contributed by atoms with Gasteiger partial charge in [0.25, 0.3) is 0 Å². The molecule has 0 bridgehead atoms. The second kappa shape index (κ2) is 11.8. The Morgan fingerprint density at radius 2 is 1.92 bits per heavy atom. The standard InChI is InChI=1S/C29H31FN4.CH4S/c1-20-5-7-26(28(30)15-20)23-16-22-9-13-34(21(2)27(22)18-23)25-6-8-29(24(17-25)19-31)32-10-14-33-11-3-4-12-33;1-2/h5-9,13,15,17-19,31-32H,2-4,10-12,14,16H2,1H3;2H,1H3. The molecule has 2 aromatic rings. The van der Waals surface area contributed by atoms with Crippen LogP contribution in [0.25, 0.3) is 5.57 Å². The molecule has 6 heteroatoms. The lowest BCUT2D eigenvalue weighted by Crippen LogP contribution is -2.26. The zero-order valence-corrected chi connectivity index (χ0v) is 22.0. The molecule has 0 atom stereocenters. The topological polar surface area (TPSA) is 42.4 Å². The molecule has 3 aliphatic rings. The van der Waals surface area contributed by atoms with Crippen molar-refractivity contribution >= 4 is 35.8 Å². The minimum atomic E-state index is -0.180. The summed E-state index contributed by atoms with van der Waals surface area (Å²) in [5.41, 5.74) is 8.41. The van der Waals surface area contributed by atoms with Gasteiger partial charge in [0.15, 0.2) is 0 Å². The van der Waals surface area contributed by atoms with E-state index in [1.54, 1.807) is 12.3 Å². The number of hydrogen-bond donors (Lipinski definition) is 3. The van der Waals surface area contributed by atoms with Gasteiger partial charge in [-0.2, -0.15) is 12.6 Å². The zero-order chi connectivity index (χ0) is 25.7. The number of halogens is 1. The van der Waals surface area contributed by atoms with Gasteiger partial charge in [-0.05, 0) is 98.7 Å². The third-order valence-corrected chi connectivity index (χ3v) is 6.95. The van der Waals surface area contributed by atoms with Gasteiger partial charge in [0, 0.05) is 59.3 Å². The van der Waals surface area contributed by atoms with Crippen molar-refractivity contribution in [3.63, 3.8) is 0 Å². The van der Waals surface area contributed by atoms with Gasteiger partial charge in [-0.15, -0.1) is 0 Å². The van der Waals surface area contributed by atoms with Crippen LogP contribution in [0.5, 0.6) is 0 Å². The molecular weight excluding hydrogens is 467 g/mol. The van der Waals surface area contributed by atoms with Crippen molar-refractivity contribution in [2.45, 2.75) is 26.2 Å². The predicted molar refractivity (Wildman–Crippen MR) is 155 cm³/mol. The molecule has 0 unspecified atom stereocenters. The van der Waals surface area contributed by atoms with Gasteiger partial charge in [-0.25, -0.2) is 4.39 Å². The molecule has 0 aromatic heterocycles. The van der Waals surface area contributed by atoms with Crippen molar-refractivity contribution in [1.29, 1.82) is 5.41 Å². The Kier molecular flexibility index (Phi) is 8.49. The average Bonchev–Trinajstić information content (AvgIpc) is 3.56. The molecule has 2 aromatic carbocycles. The number of hydrogen-bond acceptors (Lipinski definition) is 5. The highest BCUT2D eigenvalue weighted by molar-refractivity contribution is 7.79. The van der Waals surface area contributed by atoms with Crippen LogP contribution >= 0.6 is 12.6 Å². The van der Waals surface area contributed by atoms with Crippen LogP contribution < -0.4 is 10.2 Å². The molecule has 2 N–H and O–H groups in total. The highest BCUT2D eigenvalue weighted by Crippen LogP contribution is 2.41. The van der Waals surface area contributed by atoms with Crippen LogP contribution in [0.1, 0.15) is 36.0 Å². The third-order valence-electron chi connectivity index (χ3n) is 6.95. The van der Waals surface area contributed by atoms with Crippen LogP contribution in [-0.2, 0) is 0 Å². The summed E-state index contributed by atoms with van der Waals surface area (Å²) < 4.78 is 14.6. The maximum absolute atomic E-state index is 14.6. The van der Waals surface area contributed by atoms with E-state index in [2.05, 4.69) is 47.6 Å². The number of likely N-dealkylation sites (tertiary alicyclic amines) is 1. The summed E-state index contributed by atoms with van der Waals surface area (Å²) in [6.07, 6.45) is 12.6. The van der Waals surface area contributed by atoms with E-state index in [4.69, 9.17) is 5.41 Å². The monoisotopic (exact) mass is 502 g/mol. The fraction of sp³-hybridized carbons (Fsp3) is 0.300. The molecule has 36 heavy (non-hydrogen) atoms. The quantitative estimate of drug-likeness (QED) is 0.288. The summed E-state index contributed by atoms with van der Waals surface area (Å²) in [5, 5.41) is 11.4. The zero-order valence-electron chi connectivity index (χ0n) is 21.1. The SMILES string of the molecule is C=C1C2=C(C=CN1c1ccc(NCCN3CCCC3)c(C=N)c1)CC(c1ccc(C)cc1F)=C2.CS. The van der Waals surface area contributed by atoms with Gasteiger partial charge in [-0.3, -0.25) is 0 Å². The molecule has 1 aliphatic carbocycles. The highest BCUT2D eigenvalue weighted by atomic mass is 32.1. The number of rotatable bonds is 7. The molecule has 2 heterocycles. The molecule has 2 aliphatic heterocycles. The molecular formula is C30H35FN4S. The summed E-state index contributed by atoms with van der Waals surface area (Å²) in [7, 11) is 0. The van der Waals surface area contributed by atoms with Gasteiger partial charge in [0.05, 0.1) is 0 Å². The lowest BCUT2D eigenvalue weighted by Gasteiger charge is -2.28. The van der Waals surface area contributed by atoms with Crippen molar-refractivity contribution in [3.8, 4) is 0 Å². The number of nitrogens with one attached hydrogen (secondary N) is 2. The van der Waals surface area contributed by atoms with Gasteiger partial charge in [0.2, 0.25) is 0 Å². The Morgan fingerprint density at radius 3 is 2.64 bits per heavy atom. The minimum Gasteiger partial charge on any atom is -0.383 e. The van der Waals surface area contributed by atoms with Gasteiger partial charge in [-0.1, -0.05) is 18.7 Å². The molecule has 1 saturated heterocycles. The Labute approximate surface area is 219 Å². The van der Waals surface area contributed by atoms with E-state index < -0.39 is 0 Å². The van der Waals surface area contributed by atoms with Crippen molar-refractivity contribution in [2.75, 3.05) is 42.7 Å². The van der Waals surface area contributed by atoms with Gasteiger partial charge in [0.1, 0.15) is 5.82 Å². The van der Waals surface area contributed by atoms with E-state index in [0.717, 1.165) is 58.0 Å². The molecule has 188 valence electrons. The Balaban J connectivity index is 0.00000148. The summed E-state index contributed by atoms with van der Waals surface area (Å²) >= 11 is 3.53. The Hall–Kier alpha value is -3.09. The molecule has 0 radical (unpaired) electrons. The van der Waals surface area contributed by atoms with E-state index in [9.17, 15) is 4.39 Å². The maximum atomic E-state index is 14.6. The fourth-order valence-corrected chi connectivity index (χ4v) is 5.05. The number of thiol groups is 1. The van der Waals surface area contributed by atoms with Crippen molar-refractivity contribution in [1.82, 2.24) is 4.90 Å². The van der Waals surface area contributed by atoms with E-state index in [0.29, 0.717) is 12.0 Å². The van der Waals surface area contributed by atoms with Crippen LogP contribution in [0.2, 0.25) is 0 Å². The first kappa shape index (κ1) is 26.0. The number of nitrogens with zero attached hydrogens (tertiary/aromatic N) is 2. The first-order chi connectivity index (χ1) is 17.5. The highest BCUT2D eigenvalue weighted by Gasteiger charge is 2.25. The van der Waals surface area contributed by atoms with Crippen molar-refractivity contribution in [3.05, 3.63) is 101 Å². The van der Waals surface area contributed by atoms with Crippen LogP contribution in [0, 0.1) is 18.2 Å². The molecule has 0 saturated carbocycles. The van der Waals surface area contributed by atoms with Crippen LogP contribution in [0.4, 0.5) is 15.8 Å². The predicted octanol–water partition coefficient (Wildman–Crippen LogP) is 6.82. The fourth-order valence-electron chi connectivity index (χ4n) is 5.05. The molecule has 0 amide bonds. The largest absolute Gasteiger partial charge is 0.383 e. The molecule has 4 nitrogen and oxygen atoms in total. The molecule has 0 spiro atoms. The Bertz CT molecular complexity index is 1240. The smallest absolute Gasteiger partial charge is 0.130 e. The molecule has 1 fully saturated rings. The van der Waals surface area contributed by atoms with E-state index in [1.807, 2.05) is 42.3 Å². The van der Waals surface area contributed by atoms with E-state index in [1.165, 1.54) is 32.1 Å². The normalized spacial score (nSPS) is 17.1. The second-order valence-corrected chi connectivity index (χ2v) is 9.29. The number of benzene rings is 2. The average molecular weight is 503 g/mol. The minimum absolute atomic E-state index is 0.180. The lowest BCUT2D eigenvalue weighted by molar-refractivity contribution is 0.352. The van der Waals surface area contributed by atoms with E-state index >= 15 is 0 Å². The number of anilines is 2. The summed E-state index contributed by atoms with van der Waals surface area (Å²) in [4.78, 5) is 4.52. The maximum Gasteiger partial charge on any atom is 0.130 e. The Morgan fingerprint density at radius 1 is 1.14 bits per heavy atom. The number of allylic oxidation sites excluding steroid dienone is 4. The summed E-state index contributed by atoms with van der Waals surface area (Å²) in [5.74, 6) is -0.180. The summed E-state index contributed by atoms with van der Waals surface area (Å²) in [6, 6.07) is 11.5. The van der Waals surface area contributed by atoms with Crippen LogP contribution in [-0.4, -0.2) is 43.5 Å². The van der Waals surface area contributed by atoms with Crippen molar-refractivity contribution < 1.29 is 4.39 Å². The first-order valence-corrected chi connectivity index (χ1v) is 13.4. The molecule has 5 rings (SSSR count). The first-order valence-electron chi connectivity index (χ1n) is 12.5. The van der Waals surface area contributed by atoms with E-state index in [-0.39, 0.29) is 5.82 Å². The number of aryl methyl sites for hydroxylation is 1. The van der Waals surface area contributed by atoms with Crippen LogP contribution in [0.15, 0.2) is 78.2 Å². The van der Waals surface area contributed by atoms with Gasteiger partial charge >= 0.3 is 0 Å². The lowest BCUT2D eigenvalue weighted by atomic mass is 10.0. The summed E-state index contributed by atoms with van der Waals surface area (Å²) in [6.45, 7) is 10.5. The van der Waals surface area contributed by atoms with Crippen molar-refractivity contribution in [2.24, 2.45) is 0 Å². The third kappa shape index (κ3) is 5.50. The van der Waals surface area contributed by atoms with Crippen LogP contribution in [0.3, 0.4) is 0 Å².